The lowest BCUT2D eigenvalue weighted by Crippen LogP contribution is -2.05. The van der Waals surface area contributed by atoms with Gasteiger partial charge in [-0.2, -0.15) is 4.98 Å². The van der Waals surface area contributed by atoms with Crippen molar-refractivity contribution in [2.75, 3.05) is 12.4 Å². The molecule has 0 amide bonds. The van der Waals surface area contributed by atoms with Gasteiger partial charge in [0.15, 0.2) is 11.1 Å². The number of oxazole rings is 1. The number of aromatic nitrogens is 2. The van der Waals surface area contributed by atoms with Gasteiger partial charge in [0.05, 0.1) is 17.2 Å². The van der Waals surface area contributed by atoms with Crippen molar-refractivity contribution in [1.82, 2.24) is 10.1 Å². The summed E-state index contributed by atoms with van der Waals surface area (Å²) in [5.74, 6) is -0.680. The maximum atomic E-state index is 12.4. The molecule has 0 spiro atoms. The third-order valence-electron chi connectivity index (χ3n) is 3.80. The van der Waals surface area contributed by atoms with Crippen molar-refractivity contribution in [2.45, 2.75) is 0 Å². The summed E-state index contributed by atoms with van der Waals surface area (Å²) in [7, 11) is 1.25. The van der Waals surface area contributed by atoms with E-state index in [4.69, 9.17) is 36.9 Å². The van der Waals surface area contributed by atoms with Crippen LogP contribution in [0.4, 0.5) is 11.9 Å². The molecule has 0 atom stereocenters. The van der Waals surface area contributed by atoms with Crippen LogP contribution in [0.25, 0.3) is 22.4 Å². The molecule has 2 aromatic heterocycles. The van der Waals surface area contributed by atoms with Gasteiger partial charge in [0.2, 0.25) is 5.88 Å². The summed E-state index contributed by atoms with van der Waals surface area (Å²) in [5, 5.41) is 7.39. The number of benzene rings is 2. The zero-order chi connectivity index (χ0) is 19.0. The molecule has 0 fully saturated rings. The number of ether oxygens (including phenoxy) is 1. The number of hydrogen-bond acceptors (Lipinski definition) is 7. The molecule has 0 aliphatic heterocycles. The first-order valence-corrected chi connectivity index (χ1v) is 8.49. The predicted molar refractivity (Wildman–Crippen MR) is 101 cm³/mol. The van der Waals surface area contributed by atoms with Crippen molar-refractivity contribution >= 4 is 52.2 Å². The van der Waals surface area contributed by atoms with Gasteiger partial charge >= 0.3 is 12.0 Å². The minimum absolute atomic E-state index is 0.000562. The van der Waals surface area contributed by atoms with Crippen LogP contribution in [-0.2, 0) is 4.74 Å². The molecule has 0 radical (unpaired) electrons. The maximum absolute atomic E-state index is 12.4. The van der Waals surface area contributed by atoms with Gasteiger partial charge < -0.3 is 13.7 Å². The van der Waals surface area contributed by atoms with E-state index in [1.54, 1.807) is 30.3 Å². The van der Waals surface area contributed by atoms with Crippen molar-refractivity contribution in [3.8, 4) is 11.3 Å². The van der Waals surface area contributed by atoms with Crippen molar-refractivity contribution < 1.29 is 18.5 Å². The van der Waals surface area contributed by atoms with Gasteiger partial charge in [0, 0.05) is 5.56 Å². The van der Waals surface area contributed by atoms with Crippen molar-refractivity contribution in [3.05, 3.63) is 58.1 Å². The van der Waals surface area contributed by atoms with E-state index in [1.807, 2.05) is 12.1 Å². The Kier molecular flexibility index (Phi) is 4.47. The fourth-order valence-corrected chi connectivity index (χ4v) is 3.16. The van der Waals surface area contributed by atoms with Crippen molar-refractivity contribution in [3.63, 3.8) is 0 Å². The number of halogens is 2. The van der Waals surface area contributed by atoms with Crippen LogP contribution in [0.3, 0.4) is 0 Å². The Morgan fingerprint density at radius 2 is 1.85 bits per heavy atom. The summed E-state index contributed by atoms with van der Waals surface area (Å²) < 4.78 is 15.8. The number of esters is 1. The Morgan fingerprint density at radius 3 is 2.56 bits per heavy atom. The lowest BCUT2D eigenvalue weighted by atomic mass is 10.1. The molecule has 0 unspecified atom stereocenters. The number of hydrogen-bond donors (Lipinski definition) is 1. The number of nitrogens with one attached hydrogen (secondary N) is 1. The number of fused-ring (bicyclic) bond motifs is 1. The lowest BCUT2D eigenvalue weighted by Gasteiger charge is -2.06. The molecule has 7 nitrogen and oxygen atoms in total. The summed E-state index contributed by atoms with van der Waals surface area (Å²) in [6, 6.07) is 12.3. The van der Waals surface area contributed by atoms with Gasteiger partial charge in [-0.3, -0.25) is 5.32 Å². The number of para-hydroxylation sites is 2. The van der Waals surface area contributed by atoms with Crippen LogP contribution in [0.2, 0.25) is 10.0 Å². The Hall–Kier alpha value is -3.03. The number of anilines is 2. The standard InChI is InChI=1S/C18H11Cl2N3O4/c1-25-17(24)14-15(13-9(19)5-4-6-10(13)20)23-27-16(14)22-18-21-11-7-2-3-8-12(11)26-18/h2-8H,1H3,(H,21,22). The molecule has 4 aromatic rings. The first-order chi connectivity index (χ1) is 13.1. The Balaban J connectivity index is 1.82. The van der Waals surface area contributed by atoms with E-state index >= 15 is 0 Å². The molecule has 136 valence electrons. The van der Waals surface area contributed by atoms with Gasteiger partial charge in [-0.1, -0.05) is 46.6 Å². The second-order valence-corrected chi connectivity index (χ2v) is 6.25. The fraction of sp³-hybridized carbons (Fsp3) is 0.0556. The molecule has 4 rings (SSSR count). The number of carbonyl (C=O) groups is 1. The highest BCUT2D eigenvalue weighted by Crippen LogP contribution is 2.39. The SMILES string of the molecule is COC(=O)c1c(-c2c(Cl)cccc2Cl)noc1Nc1nc2ccccc2o1. The Labute approximate surface area is 162 Å². The zero-order valence-corrected chi connectivity index (χ0v) is 15.3. The highest BCUT2D eigenvalue weighted by atomic mass is 35.5. The van der Waals surface area contributed by atoms with E-state index in [1.165, 1.54) is 7.11 Å². The van der Waals surface area contributed by atoms with Crippen LogP contribution >= 0.6 is 23.2 Å². The highest BCUT2D eigenvalue weighted by Gasteiger charge is 2.28. The zero-order valence-electron chi connectivity index (χ0n) is 13.8. The third-order valence-corrected chi connectivity index (χ3v) is 4.43. The summed E-state index contributed by atoms with van der Waals surface area (Å²) in [6.07, 6.45) is 0. The van der Waals surface area contributed by atoms with Crippen molar-refractivity contribution in [2.24, 2.45) is 0 Å². The molecule has 27 heavy (non-hydrogen) atoms. The highest BCUT2D eigenvalue weighted by molar-refractivity contribution is 6.39. The molecule has 9 heteroatoms. The van der Waals surface area contributed by atoms with E-state index in [9.17, 15) is 4.79 Å². The first-order valence-electron chi connectivity index (χ1n) is 7.73. The number of carbonyl (C=O) groups excluding carboxylic acids is 1. The summed E-state index contributed by atoms with van der Waals surface area (Å²) >= 11 is 12.5. The van der Waals surface area contributed by atoms with Gasteiger partial charge in [-0.05, 0) is 24.3 Å². The van der Waals surface area contributed by atoms with E-state index in [0.717, 1.165) is 0 Å². The van der Waals surface area contributed by atoms with Gasteiger partial charge in [0.25, 0.3) is 0 Å². The molecule has 0 aliphatic carbocycles. The number of methoxy groups -OCH3 is 1. The molecular weight excluding hydrogens is 393 g/mol. The largest absolute Gasteiger partial charge is 0.465 e. The molecule has 0 saturated heterocycles. The minimum Gasteiger partial charge on any atom is -0.465 e. The van der Waals surface area contributed by atoms with Gasteiger partial charge in [-0.15, -0.1) is 0 Å². The van der Waals surface area contributed by atoms with Crippen LogP contribution in [0.1, 0.15) is 10.4 Å². The molecule has 0 saturated carbocycles. The third kappa shape index (κ3) is 3.11. The second kappa shape index (κ2) is 6.94. The topological polar surface area (TPSA) is 90.4 Å². The summed E-state index contributed by atoms with van der Waals surface area (Å²) in [6.45, 7) is 0. The van der Waals surface area contributed by atoms with Crippen LogP contribution in [0.15, 0.2) is 51.4 Å². The van der Waals surface area contributed by atoms with Crippen LogP contribution in [0, 0.1) is 0 Å². The average Bonchev–Trinajstić information content (AvgIpc) is 3.25. The van der Waals surface area contributed by atoms with Crippen molar-refractivity contribution in [1.29, 1.82) is 0 Å². The van der Waals surface area contributed by atoms with Crippen LogP contribution in [-0.4, -0.2) is 23.2 Å². The molecule has 1 N–H and O–H groups in total. The number of rotatable bonds is 4. The Morgan fingerprint density at radius 1 is 1.11 bits per heavy atom. The Bertz CT molecular complexity index is 1100. The second-order valence-electron chi connectivity index (χ2n) is 5.44. The normalized spacial score (nSPS) is 10.9. The molecule has 2 heterocycles. The van der Waals surface area contributed by atoms with Gasteiger partial charge in [-0.25, -0.2) is 4.79 Å². The molecule has 0 aliphatic rings. The van der Waals surface area contributed by atoms with Crippen LogP contribution < -0.4 is 5.32 Å². The van der Waals surface area contributed by atoms with Crippen LogP contribution in [0.5, 0.6) is 0 Å². The van der Waals surface area contributed by atoms with E-state index < -0.39 is 5.97 Å². The predicted octanol–water partition coefficient (Wildman–Crippen LogP) is 5.32. The average molecular weight is 404 g/mol. The smallest absolute Gasteiger partial charge is 0.345 e. The van der Waals surface area contributed by atoms with Gasteiger partial charge in [0.1, 0.15) is 11.2 Å². The minimum atomic E-state index is -0.680. The monoisotopic (exact) mass is 403 g/mol. The summed E-state index contributed by atoms with van der Waals surface area (Å²) in [5.41, 5.74) is 1.75. The molecule has 2 aromatic carbocycles. The van der Waals surface area contributed by atoms with E-state index in [2.05, 4.69) is 15.5 Å². The first kappa shape index (κ1) is 17.4. The number of nitrogens with zero attached hydrogens (tertiary/aromatic N) is 2. The van der Waals surface area contributed by atoms with E-state index in [-0.39, 0.29) is 23.2 Å². The summed E-state index contributed by atoms with van der Waals surface area (Å²) in [4.78, 5) is 16.7. The maximum Gasteiger partial charge on any atom is 0.345 e. The lowest BCUT2D eigenvalue weighted by molar-refractivity contribution is 0.0602. The molecular formula is C18H11Cl2N3O4. The molecule has 0 bridgehead atoms. The fourth-order valence-electron chi connectivity index (χ4n) is 2.58. The van der Waals surface area contributed by atoms with E-state index in [0.29, 0.717) is 26.7 Å². The quantitative estimate of drug-likeness (QED) is 0.461.